The zero-order valence-corrected chi connectivity index (χ0v) is 9.42. The summed E-state index contributed by atoms with van der Waals surface area (Å²) >= 11 is 0. The fourth-order valence-corrected chi connectivity index (χ4v) is 1.36. The van der Waals surface area contributed by atoms with Gasteiger partial charge in [0.05, 0.1) is 19.5 Å². The number of rotatable bonds is 4. The van der Waals surface area contributed by atoms with Crippen LogP contribution in [0.25, 0.3) is 0 Å². The van der Waals surface area contributed by atoms with Gasteiger partial charge in [0.2, 0.25) is 0 Å². The van der Waals surface area contributed by atoms with Crippen LogP contribution in [0.1, 0.15) is 18.1 Å². The molecule has 1 aromatic carbocycles. The number of benzene rings is 1. The first-order chi connectivity index (χ1) is 7.90. The number of nitrogens with two attached hydrogens (primary N) is 1. The quantitative estimate of drug-likeness (QED) is 0.824. The molecule has 0 spiro atoms. The Kier molecular flexibility index (Phi) is 4.45. The second-order valence-electron chi connectivity index (χ2n) is 3.66. The van der Waals surface area contributed by atoms with E-state index in [0.717, 1.165) is 6.07 Å². The molecule has 1 rings (SSSR count). The maximum Gasteiger partial charge on any atom is 0.419 e. The van der Waals surface area contributed by atoms with Crippen molar-refractivity contribution < 1.29 is 17.9 Å². The first-order valence-electron chi connectivity index (χ1n) is 5.16. The molecule has 0 saturated heterocycles. The molecular formula is C11H13BF3NO. The van der Waals surface area contributed by atoms with Gasteiger partial charge in [0.15, 0.2) is 0 Å². The predicted octanol–water partition coefficient (Wildman–Crippen LogP) is 2.52. The van der Waals surface area contributed by atoms with Crippen LogP contribution in [-0.4, -0.2) is 14.0 Å². The second kappa shape index (κ2) is 5.45. The minimum absolute atomic E-state index is 0.0173. The zero-order chi connectivity index (χ0) is 13.1. The Labute approximate surface area is 99.4 Å². The molecule has 0 aliphatic carbocycles. The molecule has 0 aromatic heterocycles. The van der Waals surface area contributed by atoms with Crippen LogP contribution >= 0.6 is 0 Å². The van der Waals surface area contributed by atoms with Crippen molar-refractivity contribution in [2.24, 2.45) is 5.73 Å². The SMILES string of the molecule is [B]CC(C)Oc1c(CN)cccc1C(F)(F)F. The summed E-state index contributed by atoms with van der Waals surface area (Å²) < 4.78 is 43.5. The van der Waals surface area contributed by atoms with Gasteiger partial charge >= 0.3 is 6.18 Å². The molecule has 0 saturated carbocycles. The van der Waals surface area contributed by atoms with Gasteiger partial charge in [-0.05, 0) is 13.0 Å². The molecule has 0 aliphatic rings. The van der Waals surface area contributed by atoms with Crippen molar-refractivity contribution in [1.82, 2.24) is 0 Å². The number of halogens is 3. The van der Waals surface area contributed by atoms with Gasteiger partial charge in [-0.2, -0.15) is 13.2 Å². The number of ether oxygens (including phenoxy) is 1. The molecule has 2 radical (unpaired) electrons. The van der Waals surface area contributed by atoms with Crippen LogP contribution < -0.4 is 10.5 Å². The number of hydrogen-bond acceptors (Lipinski definition) is 2. The maximum atomic E-state index is 12.8. The van der Waals surface area contributed by atoms with Gasteiger partial charge in [-0.1, -0.05) is 18.5 Å². The summed E-state index contributed by atoms with van der Waals surface area (Å²) in [5, 5.41) is 0. The van der Waals surface area contributed by atoms with Crippen LogP contribution in [0, 0.1) is 0 Å². The van der Waals surface area contributed by atoms with E-state index in [1.54, 1.807) is 6.92 Å². The van der Waals surface area contributed by atoms with E-state index in [2.05, 4.69) is 0 Å². The van der Waals surface area contributed by atoms with Crippen molar-refractivity contribution in [3.05, 3.63) is 29.3 Å². The zero-order valence-electron chi connectivity index (χ0n) is 9.42. The summed E-state index contributed by atoms with van der Waals surface area (Å²) in [4.78, 5) is 0. The van der Waals surface area contributed by atoms with Gasteiger partial charge in [0.1, 0.15) is 5.75 Å². The highest BCUT2D eigenvalue weighted by atomic mass is 19.4. The van der Waals surface area contributed by atoms with Crippen LogP contribution in [0.15, 0.2) is 18.2 Å². The van der Waals surface area contributed by atoms with E-state index >= 15 is 0 Å². The highest BCUT2D eigenvalue weighted by Crippen LogP contribution is 2.38. The molecule has 0 bridgehead atoms. The number of para-hydroxylation sites is 1. The fourth-order valence-electron chi connectivity index (χ4n) is 1.36. The van der Waals surface area contributed by atoms with Crippen molar-refractivity contribution in [1.29, 1.82) is 0 Å². The molecule has 2 N–H and O–H groups in total. The third-order valence-corrected chi connectivity index (χ3v) is 2.27. The van der Waals surface area contributed by atoms with Crippen molar-refractivity contribution in [3.8, 4) is 5.75 Å². The van der Waals surface area contributed by atoms with Gasteiger partial charge in [-0.25, -0.2) is 0 Å². The molecule has 1 atom stereocenters. The van der Waals surface area contributed by atoms with E-state index in [4.69, 9.17) is 18.3 Å². The summed E-state index contributed by atoms with van der Waals surface area (Å²) in [6.45, 7) is 1.59. The minimum atomic E-state index is -4.46. The van der Waals surface area contributed by atoms with Crippen LogP contribution in [0.2, 0.25) is 6.32 Å². The topological polar surface area (TPSA) is 35.2 Å². The normalized spacial score (nSPS) is 13.5. The Morgan fingerprint density at radius 1 is 1.41 bits per heavy atom. The molecule has 2 nitrogen and oxygen atoms in total. The van der Waals surface area contributed by atoms with Crippen LogP contribution in [0.5, 0.6) is 5.75 Å². The Balaban J connectivity index is 3.21. The molecule has 1 aromatic rings. The Bertz CT molecular complexity index is 381. The van der Waals surface area contributed by atoms with Crippen LogP contribution in [0.4, 0.5) is 13.2 Å². The summed E-state index contributed by atoms with van der Waals surface area (Å²) in [5.74, 6) is -0.222. The molecule has 0 amide bonds. The smallest absolute Gasteiger partial charge is 0.419 e. The fraction of sp³-hybridized carbons (Fsp3) is 0.455. The van der Waals surface area contributed by atoms with E-state index in [-0.39, 0.29) is 18.6 Å². The molecule has 1 unspecified atom stereocenters. The van der Waals surface area contributed by atoms with Gasteiger partial charge in [-0.3, -0.25) is 0 Å². The number of hydrogen-bond donors (Lipinski definition) is 1. The highest BCUT2D eigenvalue weighted by Gasteiger charge is 2.35. The Hall–Kier alpha value is -1.17. The first kappa shape index (κ1) is 13.9. The van der Waals surface area contributed by atoms with Gasteiger partial charge in [-0.15, -0.1) is 0 Å². The standard InChI is InChI=1S/C11H13BF3NO/c1-7(5-12)17-10-8(6-16)3-2-4-9(10)11(13,14)15/h2-4,7H,5-6,16H2,1H3. The largest absolute Gasteiger partial charge is 0.491 e. The highest BCUT2D eigenvalue weighted by molar-refractivity contribution is 6.08. The summed E-state index contributed by atoms with van der Waals surface area (Å²) in [6, 6.07) is 3.79. The Morgan fingerprint density at radius 3 is 2.53 bits per heavy atom. The third kappa shape index (κ3) is 3.39. The van der Waals surface area contributed by atoms with Crippen LogP contribution in [-0.2, 0) is 12.7 Å². The molecule has 0 heterocycles. The monoisotopic (exact) mass is 243 g/mol. The lowest BCUT2D eigenvalue weighted by Gasteiger charge is -2.20. The minimum Gasteiger partial charge on any atom is -0.491 e. The first-order valence-corrected chi connectivity index (χ1v) is 5.16. The Morgan fingerprint density at radius 2 is 2.06 bits per heavy atom. The molecule has 92 valence electrons. The predicted molar refractivity (Wildman–Crippen MR) is 60.0 cm³/mol. The third-order valence-electron chi connectivity index (χ3n) is 2.27. The van der Waals surface area contributed by atoms with Gasteiger partial charge < -0.3 is 10.5 Å². The molecule has 0 aliphatic heterocycles. The van der Waals surface area contributed by atoms with Crippen LogP contribution in [0.3, 0.4) is 0 Å². The summed E-state index contributed by atoms with van der Waals surface area (Å²) in [6.07, 6.45) is -4.82. The van der Waals surface area contributed by atoms with Gasteiger partial charge in [0, 0.05) is 12.1 Å². The van der Waals surface area contributed by atoms with Gasteiger partial charge in [0.25, 0.3) is 0 Å². The van der Waals surface area contributed by atoms with Crippen molar-refractivity contribution in [2.75, 3.05) is 0 Å². The lowest BCUT2D eigenvalue weighted by Crippen LogP contribution is -2.17. The van der Waals surface area contributed by atoms with Crippen molar-refractivity contribution >= 4 is 7.85 Å². The van der Waals surface area contributed by atoms with Crippen molar-refractivity contribution in [2.45, 2.75) is 32.1 Å². The maximum absolute atomic E-state index is 12.8. The molecular weight excluding hydrogens is 230 g/mol. The lowest BCUT2D eigenvalue weighted by molar-refractivity contribution is -0.139. The molecule has 17 heavy (non-hydrogen) atoms. The number of alkyl halides is 3. The van der Waals surface area contributed by atoms with E-state index in [1.807, 2.05) is 0 Å². The van der Waals surface area contributed by atoms with E-state index in [1.165, 1.54) is 12.1 Å². The molecule has 6 heteroatoms. The van der Waals surface area contributed by atoms with E-state index < -0.39 is 17.8 Å². The molecule has 0 fully saturated rings. The summed E-state index contributed by atoms with van der Waals surface area (Å²) in [5.41, 5.74) is 4.90. The lowest BCUT2D eigenvalue weighted by atomic mass is 10.0. The second-order valence-corrected chi connectivity index (χ2v) is 3.66. The van der Waals surface area contributed by atoms with E-state index in [9.17, 15) is 13.2 Å². The summed E-state index contributed by atoms with van der Waals surface area (Å²) in [7, 11) is 5.33. The average Bonchev–Trinajstić information content (AvgIpc) is 2.27. The van der Waals surface area contributed by atoms with Crippen molar-refractivity contribution in [3.63, 3.8) is 0 Å². The van der Waals surface area contributed by atoms with E-state index in [0.29, 0.717) is 5.56 Å². The average molecular weight is 243 g/mol.